The van der Waals surface area contributed by atoms with Crippen LogP contribution in [-0.2, 0) is 9.59 Å². The van der Waals surface area contributed by atoms with Gasteiger partial charge in [-0.1, -0.05) is 0 Å². The largest absolute Gasteiger partial charge is 0.474 e. The van der Waals surface area contributed by atoms with Gasteiger partial charge in [0.05, 0.1) is 0 Å². The lowest BCUT2D eigenvalue weighted by atomic mass is 10.3. The number of amides is 1. The fourth-order valence-electron chi connectivity index (χ4n) is 0.340. The fourth-order valence-corrected chi connectivity index (χ4v) is 0.340. The van der Waals surface area contributed by atoms with Crippen molar-refractivity contribution >= 4 is 11.9 Å². The first kappa shape index (κ1) is 10.7. The molecule has 2 N–H and O–H groups in total. The molecule has 0 aliphatic rings. The summed E-state index contributed by atoms with van der Waals surface area (Å²) >= 11 is 0. The second kappa shape index (κ2) is 3.42. The van der Waals surface area contributed by atoms with Gasteiger partial charge in [0, 0.05) is 0 Å². The first-order chi connectivity index (χ1) is 5.25. The second-order valence-electron chi connectivity index (χ2n) is 2.04. The molecule has 12 heavy (non-hydrogen) atoms. The minimum absolute atomic E-state index is 0.654. The Morgan fingerprint density at radius 3 is 2.08 bits per heavy atom. The van der Waals surface area contributed by atoms with Crippen LogP contribution in [0, 0.1) is 0 Å². The average molecular weight is 185 g/mol. The van der Waals surface area contributed by atoms with Crippen molar-refractivity contribution in [1.29, 1.82) is 0 Å². The molecule has 0 aliphatic heterocycles. The summed E-state index contributed by atoms with van der Waals surface area (Å²) in [5.74, 6) is -3.61. The maximum Gasteiger partial charge on any atom is 0.408 e. The third kappa shape index (κ3) is 3.22. The highest BCUT2D eigenvalue weighted by atomic mass is 19.4. The monoisotopic (exact) mass is 185 g/mol. The number of aliphatic carboxylic acids is 1. The van der Waals surface area contributed by atoms with Crippen molar-refractivity contribution in [2.75, 3.05) is 0 Å². The Balaban J connectivity index is 4.11. The van der Waals surface area contributed by atoms with Crippen LogP contribution >= 0.6 is 0 Å². The third-order valence-corrected chi connectivity index (χ3v) is 1.03. The van der Waals surface area contributed by atoms with E-state index in [1.165, 1.54) is 5.32 Å². The van der Waals surface area contributed by atoms with E-state index in [1.807, 2.05) is 0 Å². The van der Waals surface area contributed by atoms with Crippen molar-refractivity contribution in [3.05, 3.63) is 0 Å². The van der Waals surface area contributed by atoms with Crippen molar-refractivity contribution in [2.45, 2.75) is 19.1 Å². The molecule has 0 aliphatic carbocycles. The van der Waals surface area contributed by atoms with Gasteiger partial charge in [0.2, 0.25) is 0 Å². The predicted molar refractivity (Wildman–Crippen MR) is 31.3 cm³/mol. The van der Waals surface area contributed by atoms with Crippen LogP contribution in [0.2, 0.25) is 0 Å². The molecular weight excluding hydrogens is 179 g/mol. The van der Waals surface area contributed by atoms with Gasteiger partial charge in [-0.15, -0.1) is 0 Å². The number of rotatable bonds is 1. The molecule has 0 saturated heterocycles. The van der Waals surface area contributed by atoms with E-state index in [0.717, 1.165) is 0 Å². The molecule has 1 atom stereocenters. The molecule has 0 fully saturated rings. The van der Waals surface area contributed by atoms with Gasteiger partial charge < -0.3 is 10.4 Å². The average Bonchev–Trinajstić information content (AvgIpc) is 1.85. The maximum absolute atomic E-state index is 11.7. The summed E-state index contributed by atoms with van der Waals surface area (Å²) < 4.78 is 35.0. The minimum Gasteiger partial charge on any atom is -0.474 e. The highest BCUT2D eigenvalue weighted by molar-refractivity contribution is 6.31. The fraction of sp³-hybridized carbons (Fsp3) is 0.600. The third-order valence-electron chi connectivity index (χ3n) is 1.03. The van der Waals surface area contributed by atoms with Gasteiger partial charge in [-0.3, -0.25) is 4.79 Å². The quantitative estimate of drug-likeness (QED) is 0.571. The van der Waals surface area contributed by atoms with E-state index >= 15 is 0 Å². The Kier molecular flexibility index (Phi) is 3.06. The lowest BCUT2D eigenvalue weighted by Gasteiger charge is -2.15. The zero-order chi connectivity index (χ0) is 9.94. The van der Waals surface area contributed by atoms with E-state index in [9.17, 15) is 22.8 Å². The first-order valence-electron chi connectivity index (χ1n) is 2.85. The number of hydrogen-bond acceptors (Lipinski definition) is 2. The highest BCUT2D eigenvalue weighted by Crippen LogP contribution is 2.19. The van der Waals surface area contributed by atoms with E-state index in [-0.39, 0.29) is 0 Å². The van der Waals surface area contributed by atoms with Crippen molar-refractivity contribution in [3.63, 3.8) is 0 Å². The van der Waals surface area contributed by atoms with E-state index in [1.54, 1.807) is 0 Å². The van der Waals surface area contributed by atoms with E-state index in [2.05, 4.69) is 0 Å². The molecule has 0 saturated carbocycles. The number of carbonyl (C=O) groups excluding carboxylic acids is 1. The highest BCUT2D eigenvalue weighted by Gasteiger charge is 2.37. The molecule has 0 rings (SSSR count). The number of halogens is 3. The smallest absolute Gasteiger partial charge is 0.408 e. The summed E-state index contributed by atoms with van der Waals surface area (Å²) in [6.07, 6.45) is -4.62. The van der Waals surface area contributed by atoms with E-state index in [0.29, 0.717) is 6.92 Å². The minimum atomic E-state index is -4.62. The van der Waals surface area contributed by atoms with Gasteiger partial charge in [-0.2, -0.15) is 13.2 Å². The molecule has 0 spiro atoms. The number of carboxylic acids is 1. The van der Waals surface area contributed by atoms with Crippen LogP contribution in [-0.4, -0.2) is 29.2 Å². The Hall–Kier alpha value is -1.27. The standard InChI is InChI=1S/C5H6F3NO3/c1-2(5(6,7)8)9-3(10)4(11)12/h2H,1H3,(H,9,10)(H,11,12)/t2-/m0/s1. The summed E-state index contributed by atoms with van der Waals surface area (Å²) in [4.78, 5) is 20.0. The zero-order valence-corrected chi connectivity index (χ0v) is 5.97. The van der Waals surface area contributed by atoms with Crippen LogP contribution in [0.3, 0.4) is 0 Å². The molecule has 7 heteroatoms. The molecule has 0 aromatic heterocycles. The van der Waals surface area contributed by atoms with Crippen LogP contribution in [0.4, 0.5) is 13.2 Å². The Morgan fingerprint density at radius 2 is 1.83 bits per heavy atom. The van der Waals surface area contributed by atoms with Crippen molar-refractivity contribution in [2.24, 2.45) is 0 Å². The topological polar surface area (TPSA) is 66.4 Å². The zero-order valence-electron chi connectivity index (χ0n) is 5.97. The molecule has 4 nitrogen and oxygen atoms in total. The van der Waals surface area contributed by atoms with Gasteiger partial charge in [0.1, 0.15) is 6.04 Å². The summed E-state index contributed by atoms with van der Waals surface area (Å²) in [6.45, 7) is 0.654. The number of carboxylic acid groups (broad SMARTS) is 1. The predicted octanol–water partition coefficient (Wildman–Crippen LogP) is 0.138. The number of nitrogens with one attached hydrogen (secondary N) is 1. The molecule has 0 unspecified atom stereocenters. The van der Waals surface area contributed by atoms with Crippen LogP contribution in [0.1, 0.15) is 6.92 Å². The summed E-state index contributed by atoms with van der Waals surface area (Å²) in [5, 5.41) is 9.17. The molecule has 0 heterocycles. The summed E-state index contributed by atoms with van der Waals surface area (Å²) in [5.41, 5.74) is 0. The van der Waals surface area contributed by atoms with E-state index in [4.69, 9.17) is 5.11 Å². The SMILES string of the molecule is C[C@H](NC(=O)C(=O)O)C(F)(F)F. The molecule has 0 aromatic carbocycles. The molecule has 1 amide bonds. The lowest BCUT2D eigenvalue weighted by molar-refractivity contribution is -0.163. The van der Waals surface area contributed by atoms with Crippen molar-refractivity contribution in [3.8, 4) is 0 Å². The number of carbonyl (C=O) groups is 2. The van der Waals surface area contributed by atoms with Crippen LogP contribution in [0.25, 0.3) is 0 Å². The lowest BCUT2D eigenvalue weighted by Crippen LogP contribution is -2.45. The van der Waals surface area contributed by atoms with Gasteiger partial charge in [0.25, 0.3) is 0 Å². The normalized spacial score (nSPS) is 13.7. The molecule has 0 radical (unpaired) electrons. The molecular formula is C5H6F3NO3. The van der Waals surface area contributed by atoms with Gasteiger partial charge >= 0.3 is 18.1 Å². The molecule has 70 valence electrons. The van der Waals surface area contributed by atoms with Crippen LogP contribution in [0.15, 0.2) is 0 Å². The first-order valence-corrected chi connectivity index (χ1v) is 2.85. The number of hydrogen-bond donors (Lipinski definition) is 2. The van der Waals surface area contributed by atoms with Crippen LogP contribution in [0.5, 0.6) is 0 Å². The Labute approximate surface area is 65.4 Å². The molecule has 0 bridgehead atoms. The van der Waals surface area contributed by atoms with Gasteiger partial charge in [0.15, 0.2) is 0 Å². The summed E-state index contributed by atoms with van der Waals surface area (Å²) in [6, 6.07) is -2.15. The summed E-state index contributed by atoms with van der Waals surface area (Å²) in [7, 11) is 0. The second-order valence-corrected chi connectivity index (χ2v) is 2.04. The Morgan fingerprint density at radius 1 is 1.42 bits per heavy atom. The van der Waals surface area contributed by atoms with Crippen LogP contribution < -0.4 is 5.32 Å². The number of alkyl halides is 3. The van der Waals surface area contributed by atoms with Gasteiger partial charge in [-0.25, -0.2) is 4.79 Å². The molecule has 0 aromatic rings. The Bertz CT molecular complexity index is 201. The van der Waals surface area contributed by atoms with E-state index < -0.39 is 24.1 Å². The van der Waals surface area contributed by atoms with Crippen molar-refractivity contribution < 1.29 is 27.9 Å². The maximum atomic E-state index is 11.7. The van der Waals surface area contributed by atoms with Crippen molar-refractivity contribution in [1.82, 2.24) is 5.32 Å². The van der Waals surface area contributed by atoms with Gasteiger partial charge in [-0.05, 0) is 6.92 Å².